The molecule has 0 heterocycles. The fraction of sp³-hybridized carbons (Fsp3) is 0.722. The van der Waals surface area contributed by atoms with Gasteiger partial charge in [0.1, 0.15) is 18.1 Å². The second kappa shape index (κ2) is 15.4. The van der Waals surface area contributed by atoms with Crippen molar-refractivity contribution in [1.82, 2.24) is 16.0 Å². The normalized spacial score (nSPS) is 14.6. The Bertz CT molecular complexity index is 634. The molecule has 178 valence electrons. The number of thioether (sulfide) groups is 1. The highest BCUT2D eigenvalue weighted by molar-refractivity contribution is 7.98. The largest absolute Gasteiger partial charge is 0.481 e. The van der Waals surface area contributed by atoms with Gasteiger partial charge in [0.25, 0.3) is 0 Å². The summed E-state index contributed by atoms with van der Waals surface area (Å²) in [4.78, 5) is 59.0. The Labute approximate surface area is 185 Å². The minimum atomic E-state index is -1.64. The first-order valence-electron chi connectivity index (χ1n) is 9.83. The molecule has 0 aromatic carbocycles. The van der Waals surface area contributed by atoms with Crippen LogP contribution in [-0.2, 0) is 24.0 Å². The molecule has 31 heavy (non-hydrogen) atoms. The zero-order chi connectivity index (χ0) is 24.0. The maximum absolute atomic E-state index is 12.5. The first kappa shape index (κ1) is 28.6. The number of amides is 3. The number of hydrogen-bond donors (Lipinski definition) is 7. The molecule has 4 unspecified atom stereocenters. The fourth-order valence-electron chi connectivity index (χ4n) is 2.47. The Kier molecular flexibility index (Phi) is 14.2. The molecule has 0 aromatic heterocycles. The maximum Gasteiger partial charge on any atom is 0.326 e. The SMILES string of the molecule is CSCCC(NC(=O)C(C)NC(=O)C(N)CCCCN)C(=O)NC(CC(=O)O)C(=O)O. The van der Waals surface area contributed by atoms with E-state index < -0.39 is 60.2 Å². The van der Waals surface area contributed by atoms with Crippen molar-refractivity contribution in [2.45, 2.75) is 63.2 Å². The molecule has 4 atom stereocenters. The monoisotopic (exact) mass is 463 g/mol. The zero-order valence-corrected chi connectivity index (χ0v) is 18.6. The molecule has 0 rings (SSSR count). The Balaban J connectivity index is 4.98. The van der Waals surface area contributed by atoms with E-state index in [-0.39, 0.29) is 6.42 Å². The molecule has 0 radical (unpaired) electrons. The Hall–Kier alpha value is -2.38. The molecule has 0 aliphatic heterocycles. The number of unbranched alkanes of at least 4 members (excludes halogenated alkanes) is 1. The average molecular weight is 464 g/mol. The van der Waals surface area contributed by atoms with E-state index in [1.165, 1.54) is 18.7 Å². The maximum atomic E-state index is 12.5. The van der Waals surface area contributed by atoms with Crippen molar-refractivity contribution < 1.29 is 34.2 Å². The van der Waals surface area contributed by atoms with Crippen LogP contribution in [0.25, 0.3) is 0 Å². The van der Waals surface area contributed by atoms with E-state index in [0.29, 0.717) is 25.1 Å². The van der Waals surface area contributed by atoms with Crippen LogP contribution in [0.3, 0.4) is 0 Å². The highest BCUT2D eigenvalue weighted by Crippen LogP contribution is 2.04. The predicted octanol–water partition coefficient (Wildman–Crippen LogP) is -1.77. The van der Waals surface area contributed by atoms with Crippen LogP contribution in [0.4, 0.5) is 0 Å². The van der Waals surface area contributed by atoms with Gasteiger partial charge in [0.05, 0.1) is 12.5 Å². The molecule has 0 bridgehead atoms. The van der Waals surface area contributed by atoms with E-state index in [1.807, 2.05) is 0 Å². The molecule has 0 aliphatic carbocycles. The van der Waals surface area contributed by atoms with Crippen LogP contribution in [0.5, 0.6) is 0 Å². The molecular weight excluding hydrogens is 430 g/mol. The van der Waals surface area contributed by atoms with Crippen LogP contribution in [0.1, 0.15) is 39.0 Å². The number of nitrogens with two attached hydrogens (primary N) is 2. The molecular formula is C18H33N5O7S. The summed E-state index contributed by atoms with van der Waals surface area (Å²) in [6.45, 7) is 1.91. The third-order valence-electron chi connectivity index (χ3n) is 4.30. The lowest BCUT2D eigenvalue weighted by Crippen LogP contribution is -2.56. The van der Waals surface area contributed by atoms with Gasteiger partial charge in [-0.05, 0) is 44.7 Å². The number of carbonyl (C=O) groups is 5. The van der Waals surface area contributed by atoms with Gasteiger partial charge < -0.3 is 37.6 Å². The number of carboxylic acid groups (broad SMARTS) is 2. The summed E-state index contributed by atoms with van der Waals surface area (Å²) in [7, 11) is 0. The van der Waals surface area contributed by atoms with Crippen molar-refractivity contribution in [1.29, 1.82) is 0 Å². The third-order valence-corrected chi connectivity index (χ3v) is 4.94. The van der Waals surface area contributed by atoms with E-state index in [9.17, 15) is 24.0 Å². The molecule has 0 spiro atoms. The van der Waals surface area contributed by atoms with Crippen LogP contribution < -0.4 is 27.4 Å². The second-order valence-corrected chi connectivity index (χ2v) is 7.95. The quantitative estimate of drug-likeness (QED) is 0.128. The van der Waals surface area contributed by atoms with Crippen LogP contribution in [-0.4, -0.2) is 82.6 Å². The second-order valence-electron chi connectivity index (χ2n) is 6.96. The highest BCUT2D eigenvalue weighted by atomic mass is 32.2. The van der Waals surface area contributed by atoms with Crippen LogP contribution in [0.15, 0.2) is 0 Å². The number of carbonyl (C=O) groups excluding carboxylic acids is 3. The highest BCUT2D eigenvalue weighted by Gasteiger charge is 2.29. The number of nitrogens with one attached hydrogen (secondary N) is 3. The zero-order valence-electron chi connectivity index (χ0n) is 17.8. The Morgan fingerprint density at radius 2 is 1.52 bits per heavy atom. The molecule has 0 aromatic rings. The van der Waals surface area contributed by atoms with E-state index in [2.05, 4.69) is 16.0 Å². The number of rotatable bonds is 16. The summed E-state index contributed by atoms with van der Waals surface area (Å²) in [5.41, 5.74) is 11.2. The van der Waals surface area contributed by atoms with Crippen molar-refractivity contribution in [3.8, 4) is 0 Å². The minimum Gasteiger partial charge on any atom is -0.481 e. The first-order valence-corrected chi connectivity index (χ1v) is 11.2. The summed E-state index contributed by atoms with van der Waals surface area (Å²) in [5.74, 6) is -4.42. The summed E-state index contributed by atoms with van der Waals surface area (Å²) >= 11 is 1.41. The molecule has 9 N–H and O–H groups in total. The van der Waals surface area contributed by atoms with Crippen LogP contribution >= 0.6 is 11.8 Å². The van der Waals surface area contributed by atoms with Crippen molar-refractivity contribution in [2.75, 3.05) is 18.6 Å². The number of carboxylic acids is 2. The predicted molar refractivity (Wildman–Crippen MR) is 115 cm³/mol. The van der Waals surface area contributed by atoms with Gasteiger partial charge in [-0.15, -0.1) is 0 Å². The number of hydrogen-bond acceptors (Lipinski definition) is 8. The van der Waals surface area contributed by atoms with Gasteiger partial charge in [-0.1, -0.05) is 6.42 Å². The van der Waals surface area contributed by atoms with Gasteiger partial charge in [0.15, 0.2) is 0 Å². The summed E-state index contributed by atoms with van der Waals surface area (Å²) in [6, 6.07) is -4.54. The number of aliphatic carboxylic acids is 2. The molecule has 0 fully saturated rings. The molecule has 12 nitrogen and oxygen atoms in total. The summed E-state index contributed by atoms with van der Waals surface area (Å²) < 4.78 is 0. The van der Waals surface area contributed by atoms with Gasteiger partial charge >= 0.3 is 11.9 Å². The van der Waals surface area contributed by atoms with Gasteiger partial charge in [-0.2, -0.15) is 11.8 Å². The molecule has 0 saturated carbocycles. The van der Waals surface area contributed by atoms with Crippen molar-refractivity contribution in [3.05, 3.63) is 0 Å². The molecule has 13 heteroatoms. The molecule has 0 saturated heterocycles. The van der Waals surface area contributed by atoms with Crippen molar-refractivity contribution in [2.24, 2.45) is 11.5 Å². The molecule has 3 amide bonds. The van der Waals surface area contributed by atoms with Gasteiger partial charge in [0, 0.05) is 0 Å². The van der Waals surface area contributed by atoms with Gasteiger partial charge in [0.2, 0.25) is 17.7 Å². The lowest BCUT2D eigenvalue weighted by molar-refractivity contribution is -0.147. The Morgan fingerprint density at radius 3 is 2.03 bits per heavy atom. The first-order chi connectivity index (χ1) is 14.5. The smallest absolute Gasteiger partial charge is 0.326 e. The third kappa shape index (κ3) is 12.2. The van der Waals surface area contributed by atoms with Crippen LogP contribution in [0, 0.1) is 0 Å². The fourth-order valence-corrected chi connectivity index (χ4v) is 2.95. The summed E-state index contributed by atoms with van der Waals surface area (Å²) in [5, 5.41) is 25.0. The average Bonchev–Trinajstić information content (AvgIpc) is 2.69. The Morgan fingerprint density at radius 1 is 0.903 bits per heavy atom. The lowest BCUT2D eigenvalue weighted by Gasteiger charge is -2.23. The van der Waals surface area contributed by atoms with E-state index in [1.54, 1.807) is 6.26 Å². The standard InChI is InChI=1S/C18H33N5O7S/c1-10(21-16(27)11(20)5-3-4-7-19)15(26)22-12(6-8-31-2)17(28)23-13(18(29)30)9-14(24)25/h10-13H,3-9,19-20H2,1-2H3,(H,21,27)(H,22,26)(H,23,28)(H,24,25)(H,29,30). The van der Waals surface area contributed by atoms with E-state index >= 15 is 0 Å². The van der Waals surface area contributed by atoms with E-state index in [4.69, 9.17) is 21.7 Å². The molecule has 0 aliphatic rings. The van der Waals surface area contributed by atoms with Gasteiger partial charge in [-0.3, -0.25) is 19.2 Å². The van der Waals surface area contributed by atoms with Crippen molar-refractivity contribution in [3.63, 3.8) is 0 Å². The summed E-state index contributed by atoms with van der Waals surface area (Å²) in [6.07, 6.45) is 2.97. The minimum absolute atomic E-state index is 0.178. The van der Waals surface area contributed by atoms with Crippen molar-refractivity contribution >= 4 is 41.4 Å². The van der Waals surface area contributed by atoms with Crippen LogP contribution in [0.2, 0.25) is 0 Å². The van der Waals surface area contributed by atoms with Gasteiger partial charge in [-0.25, -0.2) is 4.79 Å². The van der Waals surface area contributed by atoms with E-state index in [0.717, 1.165) is 6.42 Å². The lowest BCUT2D eigenvalue weighted by atomic mass is 10.1. The topological polar surface area (TPSA) is 214 Å².